The molecule has 7 heteroatoms. The fraction of sp³-hybridized carbons (Fsp3) is 0.850. The minimum Gasteiger partial charge on any atom is -0.469 e. The molecule has 0 aromatic heterocycles. The predicted molar refractivity (Wildman–Crippen MR) is 183 cm³/mol. The molecule has 11 atom stereocenters. The van der Waals surface area contributed by atoms with E-state index in [1.165, 1.54) is 38.9 Å². The first-order valence-electron chi connectivity index (χ1n) is 18.8. The van der Waals surface area contributed by atoms with Gasteiger partial charge in [0.05, 0.1) is 12.6 Å². The van der Waals surface area contributed by atoms with Crippen molar-refractivity contribution in [1.82, 2.24) is 5.32 Å². The van der Waals surface area contributed by atoms with Crippen molar-refractivity contribution in [3.05, 3.63) is 11.6 Å². The summed E-state index contributed by atoms with van der Waals surface area (Å²) in [4.78, 5) is 52.1. The largest absolute Gasteiger partial charge is 0.469 e. The minimum atomic E-state index is -0.772. The summed E-state index contributed by atoms with van der Waals surface area (Å²) < 4.78 is 10.7. The van der Waals surface area contributed by atoms with E-state index in [1.54, 1.807) is 0 Å². The molecule has 0 aromatic rings. The molecule has 264 valence electrons. The van der Waals surface area contributed by atoms with Gasteiger partial charge in [-0.2, -0.15) is 0 Å². The fourth-order valence-electron chi connectivity index (χ4n) is 12.3. The Labute approximate surface area is 284 Å². The lowest BCUT2D eigenvalue weighted by Crippen LogP contribution is -2.72. The van der Waals surface area contributed by atoms with E-state index in [-0.39, 0.29) is 57.1 Å². The molecule has 5 aliphatic carbocycles. The molecule has 0 heterocycles. The van der Waals surface area contributed by atoms with Crippen molar-refractivity contribution in [2.24, 2.45) is 51.2 Å². The lowest BCUT2D eigenvalue weighted by molar-refractivity contribution is -0.201. The summed E-state index contributed by atoms with van der Waals surface area (Å²) >= 11 is 0. The lowest BCUT2D eigenvalue weighted by atomic mass is 9.33. The van der Waals surface area contributed by atoms with Gasteiger partial charge in [-0.25, -0.2) is 0 Å². The van der Waals surface area contributed by atoms with Gasteiger partial charge in [0.25, 0.3) is 0 Å². The van der Waals surface area contributed by atoms with Crippen LogP contribution in [-0.4, -0.2) is 42.4 Å². The average Bonchev–Trinajstić information content (AvgIpc) is 2.99. The molecule has 7 nitrogen and oxygen atoms in total. The number of unbranched alkanes of at least 4 members (excludes halogenated alkanes) is 3. The van der Waals surface area contributed by atoms with Crippen LogP contribution in [-0.2, 0) is 28.7 Å². The Kier molecular flexibility index (Phi) is 9.94. The summed E-state index contributed by atoms with van der Waals surface area (Å²) in [5.41, 5.74) is 0.361. The van der Waals surface area contributed by atoms with Gasteiger partial charge in [0.1, 0.15) is 6.10 Å². The molecule has 1 amide bonds. The maximum atomic E-state index is 14.8. The smallest absolute Gasteiger partial charge is 0.305 e. The molecule has 0 spiro atoms. The van der Waals surface area contributed by atoms with Gasteiger partial charge in [-0.15, -0.1) is 0 Å². The zero-order chi connectivity index (χ0) is 34.6. The van der Waals surface area contributed by atoms with Crippen molar-refractivity contribution < 1.29 is 28.7 Å². The summed E-state index contributed by atoms with van der Waals surface area (Å²) in [7, 11) is 1.40. The number of rotatable bonds is 9. The number of methoxy groups -OCH3 is 1. The highest BCUT2D eigenvalue weighted by atomic mass is 16.5. The molecule has 0 bridgehead atoms. The third-order valence-corrected chi connectivity index (χ3v) is 15.2. The normalized spacial score (nSPS) is 44.1. The van der Waals surface area contributed by atoms with Gasteiger partial charge < -0.3 is 14.8 Å². The van der Waals surface area contributed by atoms with Crippen molar-refractivity contribution in [3.63, 3.8) is 0 Å². The maximum absolute atomic E-state index is 14.8. The molecule has 5 rings (SSSR count). The third-order valence-electron chi connectivity index (χ3n) is 15.2. The molecule has 0 aliphatic heterocycles. The molecule has 4 saturated carbocycles. The zero-order valence-electron chi connectivity index (χ0n) is 30.9. The number of nitrogens with one attached hydrogen (secondary N) is 1. The highest BCUT2D eigenvalue weighted by Crippen LogP contribution is 2.74. The minimum absolute atomic E-state index is 0.000152. The molecule has 0 saturated heterocycles. The number of carbonyl (C=O) groups excluding carboxylic acids is 4. The first kappa shape index (κ1) is 36.1. The SMILES string of the molecule is COC(=O)CCCCCCC(=O)N[C@]1(C)[C@@H]2CC[C@]3(C)[C@H](C(=O)C=C4[C@@H]5[C@@H](C)[C@H](C)CC[C@]5(C)CC[C@]43C)[C@@]2(C)CC[C@H]1OC(C)=O. The van der Waals surface area contributed by atoms with Crippen LogP contribution >= 0.6 is 0 Å². The van der Waals surface area contributed by atoms with E-state index in [4.69, 9.17) is 9.47 Å². The summed E-state index contributed by atoms with van der Waals surface area (Å²) in [5.74, 6) is 1.24. The van der Waals surface area contributed by atoms with E-state index in [0.29, 0.717) is 37.0 Å². The van der Waals surface area contributed by atoms with Gasteiger partial charge in [-0.3, -0.25) is 19.2 Å². The number of hydrogen-bond acceptors (Lipinski definition) is 6. The topological polar surface area (TPSA) is 98.8 Å². The van der Waals surface area contributed by atoms with E-state index in [0.717, 1.165) is 51.4 Å². The molecule has 1 N–H and O–H groups in total. The van der Waals surface area contributed by atoms with Crippen LogP contribution in [0.15, 0.2) is 11.6 Å². The van der Waals surface area contributed by atoms with Crippen molar-refractivity contribution in [1.29, 1.82) is 0 Å². The van der Waals surface area contributed by atoms with Crippen LogP contribution in [0.5, 0.6) is 0 Å². The Morgan fingerprint density at radius 2 is 1.55 bits per heavy atom. The van der Waals surface area contributed by atoms with E-state index in [9.17, 15) is 19.2 Å². The van der Waals surface area contributed by atoms with Crippen LogP contribution < -0.4 is 5.32 Å². The van der Waals surface area contributed by atoms with Crippen molar-refractivity contribution in [3.8, 4) is 0 Å². The second kappa shape index (κ2) is 12.9. The summed E-state index contributed by atoms with van der Waals surface area (Å²) in [6.07, 6.45) is 13.7. The number of hydrogen-bond donors (Lipinski definition) is 1. The number of amides is 1. The van der Waals surface area contributed by atoms with Crippen LogP contribution in [0.4, 0.5) is 0 Å². The number of esters is 2. The monoisotopic (exact) mass is 653 g/mol. The second-order valence-electron chi connectivity index (χ2n) is 17.7. The molecule has 4 fully saturated rings. The molecule has 0 unspecified atom stereocenters. The van der Waals surface area contributed by atoms with Crippen molar-refractivity contribution >= 4 is 23.6 Å². The van der Waals surface area contributed by atoms with E-state index < -0.39 is 11.6 Å². The quantitative estimate of drug-likeness (QED) is 0.199. The van der Waals surface area contributed by atoms with Gasteiger partial charge in [0, 0.05) is 25.7 Å². The molecule has 0 aromatic carbocycles. The van der Waals surface area contributed by atoms with Gasteiger partial charge in [0.15, 0.2) is 5.78 Å². The van der Waals surface area contributed by atoms with E-state index in [2.05, 4.69) is 59.9 Å². The van der Waals surface area contributed by atoms with Crippen LogP contribution in [0.25, 0.3) is 0 Å². The van der Waals surface area contributed by atoms with Crippen LogP contribution in [0.1, 0.15) is 145 Å². The summed E-state index contributed by atoms with van der Waals surface area (Å²) in [5, 5.41) is 3.42. The van der Waals surface area contributed by atoms with Crippen LogP contribution in [0, 0.1) is 51.2 Å². The Hall–Kier alpha value is -2.18. The van der Waals surface area contributed by atoms with Crippen LogP contribution in [0.3, 0.4) is 0 Å². The standard InChI is InChI=1S/C40H63NO6/c1-25-16-19-36(4)22-23-38(6)28(34(36)26(25)2)24-29(43)35-37(5)20-18-31(47-27(3)42)40(8,30(37)17-21-39(35,38)7)41-32(44)14-12-10-11-13-15-33(45)46-9/h24-26,30-31,34-35H,10-23H2,1-9H3,(H,41,44)/t25-,26+,30-,31-,34+,35-,36-,37+,38-,39-,40-/m1/s1. The average molecular weight is 654 g/mol. The predicted octanol–water partition coefficient (Wildman–Crippen LogP) is 8.14. The highest BCUT2D eigenvalue weighted by Gasteiger charge is 2.71. The molecule has 47 heavy (non-hydrogen) atoms. The Morgan fingerprint density at radius 1 is 0.872 bits per heavy atom. The Balaban J connectivity index is 1.42. The first-order valence-corrected chi connectivity index (χ1v) is 18.8. The highest BCUT2D eigenvalue weighted by molar-refractivity contribution is 5.95. The van der Waals surface area contributed by atoms with E-state index in [1.807, 2.05) is 0 Å². The second-order valence-corrected chi connectivity index (χ2v) is 17.7. The number of ether oxygens (including phenoxy) is 2. The van der Waals surface area contributed by atoms with Crippen molar-refractivity contribution in [2.75, 3.05) is 7.11 Å². The third kappa shape index (κ3) is 5.92. The fourth-order valence-corrected chi connectivity index (χ4v) is 12.3. The summed E-state index contributed by atoms with van der Waals surface area (Å²) in [6.45, 7) is 18.1. The maximum Gasteiger partial charge on any atom is 0.305 e. The van der Waals surface area contributed by atoms with E-state index >= 15 is 0 Å². The first-order chi connectivity index (χ1) is 22.0. The number of fused-ring (bicyclic) bond motifs is 7. The van der Waals surface area contributed by atoms with Gasteiger partial charge in [-0.05, 0) is 123 Å². The zero-order valence-corrected chi connectivity index (χ0v) is 30.9. The van der Waals surface area contributed by atoms with Gasteiger partial charge in [0.2, 0.25) is 5.91 Å². The number of ketones is 1. The molecule has 0 radical (unpaired) electrons. The van der Waals surface area contributed by atoms with Gasteiger partial charge in [-0.1, -0.05) is 60.0 Å². The number of carbonyl (C=O) groups is 4. The Bertz CT molecular complexity index is 1290. The molecular weight excluding hydrogens is 590 g/mol. The lowest BCUT2D eigenvalue weighted by Gasteiger charge is -2.71. The number of allylic oxidation sites excluding steroid dienone is 2. The van der Waals surface area contributed by atoms with Gasteiger partial charge >= 0.3 is 11.9 Å². The molecular formula is C40H63NO6. The summed E-state index contributed by atoms with van der Waals surface area (Å²) in [6, 6.07) is 0. The Morgan fingerprint density at radius 3 is 2.21 bits per heavy atom. The van der Waals surface area contributed by atoms with Crippen molar-refractivity contribution in [2.45, 2.75) is 157 Å². The molecule has 5 aliphatic rings. The van der Waals surface area contributed by atoms with Crippen LogP contribution in [0.2, 0.25) is 0 Å².